The highest BCUT2D eigenvalue weighted by Crippen LogP contribution is 2.39. The van der Waals surface area contributed by atoms with Gasteiger partial charge in [-0.1, -0.05) is 36.4 Å². The Balaban J connectivity index is 1.63. The number of aliphatic hydroxyl groups is 1. The molecule has 1 saturated heterocycles. The second kappa shape index (κ2) is 11.4. The van der Waals surface area contributed by atoms with Gasteiger partial charge in [-0.2, -0.15) is 0 Å². The molecule has 7 heteroatoms. The minimum Gasteiger partial charge on any atom is -0.507 e. The summed E-state index contributed by atoms with van der Waals surface area (Å²) in [6.07, 6.45) is 0.644. The smallest absolute Gasteiger partial charge is 0.295 e. The predicted octanol–water partition coefficient (Wildman–Crippen LogP) is 5.09. The number of amides is 1. The molecular weight excluding hydrogens is 471 g/mol. The van der Waals surface area contributed by atoms with Crippen LogP contribution in [0, 0.1) is 12.7 Å². The molecule has 1 N–H and O–H groups in total. The Morgan fingerprint density at radius 3 is 2.32 bits per heavy atom. The van der Waals surface area contributed by atoms with Crippen LogP contribution in [0.25, 0.3) is 5.76 Å². The molecule has 0 aliphatic carbocycles. The fraction of sp³-hybridized carbons (Fsp3) is 0.267. The summed E-state index contributed by atoms with van der Waals surface area (Å²) in [5, 5.41) is 11.2. The van der Waals surface area contributed by atoms with Crippen molar-refractivity contribution in [1.29, 1.82) is 0 Å². The normalized spacial score (nSPS) is 17.0. The van der Waals surface area contributed by atoms with Crippen LogP contribution < -0.4 is 4.74 Å². The molecule has 0 aromatic heterocycles. The van der Waals surface area contributed by atoms with Gasteiger partial charge >= 0.3 is 0 Å². The summed E-state index contributed by atoms with van der Waals surface area (Å²) in [4.78, 5) is 29.6. The summed E-state index contributed by atoms with van der Waals surface area (Å²) in [5.74, 6) is -1.51. The van der Waals surface area contributed by atoms with Crippen LogP contribution in [0.5, 0.6) is 5.75 Å². The van der Waals surface area contributed by atoms with Gasteiger partial charge in [-0.3, -0.25) is 9.59 Å². The average molecular weight is 503 g/mol. The second-order valence-electron chi connectivity index (χ2n) is 9.44. The maximum absolute atomic E-state index is 13.6. The highest BCUT2D eigenvalue weighted by atomic mass is 19.1. The minimum atomic E-state index is -0.806. The maximum Gasteiger partial charge on any atom is 0.295 e. The predicted molar refractivity (Wildman–Crippen MR) is 141 cm³/mol. The number of nitrogens with zero attached hydrogens (tertiary/aromatic N) is 2. The van der Waals surface area contributed by atoms with E-state index >= 15 is 0 Å². The number of aryl methyl sites for hydroxylation is 1. The maximum atomic E-state index is 13.6. The lowest BCUT2D eigenvalue weighted by atomic mass is 9.95. The van der Waals surface area contributed by atoms with Crippen molar-refractivity contribution in [2.24, 2.45) is 0 Å². The lowest BCUT2D eigenvalue weighted by Gasteiger charge is -2.26. The van der Waals surface area contributed by atoms with Gasteiger partial charge in [-0.25, -0.2) is 4.39 Å². The fourth-order valence-corrected chi connectivity index (χ4v) is 4.46. The number of benzene rings is 3. The minimum absolute atomic E-state index is 0.00459. The van der Waals surface area contributed by atoms with E-state index in [4.69, 9.17) is 4.74 Å². The van der Waals surface area contributed by atoms with Gasteiger partial charge in [0, 0.05) is 12.1 Å². The molecule has 37 heavy (non-hydrogen) atoms. The summed E-state index contributed by atoms with van der Waals surface area (Å²) < 4.78 is 19.5. The number of carbonyl (C=O) groups excluding carboxylic acids is 2. The van der Waals surface area contributed by atoms with E-state index in [1.165, 1.54) is 17.0 Å². The zero-order valence-corrected chi connectivity index (χ0v) is 21.3. The van der Waals surface area contributed by atoms with Crippen molar-refractivity contribution in [3.8, 4) is 5.75 Å². The number of hydrogen-bond donors (Lipinski definition) is 1. The van der Waals surface area contributed by atoms with Crippen LogP contribution in [-0.4, -0.2) is 53.8 Å². The zero-order valence-electron chi connectivity index (χ0n) is 21.3. The summed E-state index contributed by atoms with van der Waals surface area (Å²) in [6.45, 7) is 3.48. The van der Waals surface area contributed by atoms with Gasteiger partial charge in [0.2, 0.25) is 0 Å². The Morgan fingerprint density at radius 2 is 1.68 bits per heavy atom. The first-order valence-electron chi connectivity index (χ1n) is 12.2. The van der Waals surface area contributed by atoms with E-state index in [-0.39, 0.29) is 11.3 Å². The lowest BCUT2D eigenvalue weighted by Crippen LogP contribution is -2.32. The molecule has 1 heterocycles. The van der Waals surface area contributed by atoms with Crippen molar-refractivity contribution < 1.29 is 23.8 Å². The van der Waals surface area contributed by atoms with Crippen LogP contribution in [0.3, 0.4) is 0 Å². The van der Waals surface area contributed by atoms with Crippen LogP contribution in [-0.2, 0) is 16.2 Å². The molecule has 3 aromatic carbocycles. The number of carbonyl (C=O) groups is 2. The first-order chi connectivity index (χ1) is 17.8. The Labute approximate surface area is 216 Å². The molecule has 4 rings (SSSR count). The van der Waals surface area contributed by atoms with Gasteiger partial charge in [0.05, 0.1) is 11.6 Å². The third-order valence-corrected chi connectivity index (χ3v) is 6.51. The van der Waals surface area contributed by atoms with E-state index in [1.807, 2.05) is 50.2 Å². The summed E-state index contributed by atoms with van der Waals surface area (Å²) in [5.41, 5.74) is 3.15. The highest BCUT2D eigenvalue weighted by molar-refractivity contribution is 6.46. The Hall–Kier alpha value is -3.97. The third kappa shape index (κ3) is 5.89. The molecular formula is C30H31FN2O4. The third-order valence-electron chi connectivity index (χ3n) is 6.51. The van der Waals surface area contributed by atoms with E-state index < -0.39 is 23.5 Å². The first kappa shape index (κ1) is 26.1. The van der Waals surface area contributed by atoms with Gasteiger partial charge in [0.25, 0.3) is 11.7 Å². The molecule has 1 aliphatic heterocycles. The number of likely N-dealkylation sites (tertiary alicyclic amines) is 1. The van der Waals surface area contributed by atoms with Crippen molar-refractivity contribution in [1.82, 2.24) is 9.80 Å². The topological polar surface area (TPSA) is 70.1 Å². The van der Waals surface area contributed by atoms with Crippen LogP contribution in [0.1, 0.15) is 34.7 Å². The Kier molecular flexibility index (Phi) is 8.04. The Bertz CT molecular complexity index is 1300. The lowest BCUT2D eigenvalue weighted by molar-refractivity contribution is -0.139. The number of halogens is 1. The first-order valence-corrected chi connectivity index (χ1v) is 12.2. The summed E-state index contributed by atoms with van der Waals surface area (Å²) >= 11 is 0. The molecule has 6 nitrogen and oxygen atoms in total. The van der Waals surface area contributed by atoms with Crippen LogP contribution in [0.4, 0.5) is 4.39 Å². The van der Waals surface area contributed by atoms with Gasteiger partial charge in [0.1, 0.15) is 23.9 Å². The standard InChI is InChI=1S/C30H31FN2O4/c1-20-7-4-5-8-23(20)19-37-25-15-11-22(12-16-25)28(34)26-27(21-9-13-24(31)14-10-21)33(30(36)29(26)35)18-6-17-32(2)3/h4-5,7-16,27,34H,6,17-19H2,1-3H3/b28-26+. The monoisotopic (exact) mass is 502 g/mol. The number of hydrogen-bond acceptors (Lipinski definition) is 5. The molecule has 1 fully saturated rings. The molecule has 1 atom stereocenters. The van der Waals surface area contributed by atoms with E-state index in [9.17, 15) is 19.1 Å². The van der Waals surface area contributed by atoms with E-state index in [1.54, 1.807) is 36.4 Å². The number of Topliss-reactive ketones (excluding diaryl/α,β-unsaturated/α-hetero) is 1. The molecule has 1 unspecified atom stereocenters. The van der Waals surface area contributed by atoms with E-state index in [0.717, 1.165) is 17.7 Å². The van der Waals surface area contributed by atoms with Crippen molar-refractivity contribution in [3.05, 3.63) is 106 Å². The van der Waals surface area contributed by atoms with Gasteiger partial charge < -0.3 is 19.6 Å². The summed E-state index contributed by atoms with van der Waals surface area (Å²) in [6, 6.07) is 19.6. The van der Waals surface area contributed by atoms with E-state index in [2.05, 4.69) is 0 Å². The fourth-order valence-electron chi connectivity index (χ4n) is 4.46. The van der Waals surface area contributed by atoms with Gasteiger partial charge in [-0.05, 0) is 87.1 Å². The molecule has 0 radical (unpaired) electrons. The molecule has 0 saturated carbocycles. The van der Waals surface area contributed by atoms with Crippen molar-refractivity contribution in [3.63, 3.8) is 0 Å². The number of aliphatic hydroxyl groups excluding tert-OH is 1. The molecule has 3 aromatic rings. The number of ether oxygens (including phenoxy) is 1. The molecule has 0 spiro atoms. The Morgan fingerprint density at radius 1 is 1.00 bits per heavy atom. The van der Waals surface area contributed by atoms with Crippen molar-refractivity contribution in [2.45, 2.75) is 26.0 Å². The zero-order chi connectivity index (χ0) is 26.5. The average Bonchev–Trinajstić information content (AvgIpc) is 3.13. The van der Waals surface area contributed by atoms with Crippen LogP contribution >= 0.6 is 0 Å². The molecule has 1 amide bonds. The van der Waals surface area contributed by atoms with Crippen LogP contribution in [0.15, 0.2) is 78.4 Å². The van der Waals surface area contributed by atoms with Gasteiger partial charge in [0.15, 0.2) is 0 Å². The molecule has 1 aliphatic rings. The van der Waals surface area contributed by atoms with Crippen LogP contribution in [0.2, 0.25) is 0 Å². The van der Waals surface area contributed by atoms with Crippen molar-refractivity contribution in [2.75, 3.05) is 27.2 Å². The number of ketones is 1. The highest BCUT2D eigenvalue weighted by Gasteiger charge is 2.45. The SMILES string of the molecule is Cc1ccccc1COc1ccc(/C(O)=C2\C(=O)C(=O)N(CCCN(C)C)C2c2ccc(F)cc2)cc1. The largest absolute Gasteiger partial charge is 0.507 e. The van der Waals surface area contributed by atoms with Crippen molar-refractivity contribution >= 4 is 17.4 Å². The molecule has 192 valence electrons. The summed E-state index contributed by atoms with van der Waals surface area (Å²) in [7, 11) is 3.86. The number of rotatable bonds is 9. The van der Waals surface area contributed by atoms with Gasteiger partial charge in [-0.15, -0.1) is 0 Å². The molecule has 0 bridgehead atoms. The second-order valence-corrected chi connectivity index (χ2v) is 9.44. The van der Waals surface area contributed by atoms with E-state index in [0.29, 0.717) is 36.4 Å². The quantitative estimate of drug-likeness (QED) is 0.251.